The van der Waals surface area contributed by atoms with Gasteiger partial charge in [0.15, 0.2) is 0 Å². The fourth-order valence-electron chi connectivity index (χ4n) is 2.58. The number of imidazole rings is 1. The Morgan fingerprint density at radius 2 is 2.05 bits per heavy atom. The van der Waals surface area contributed by atoms with Gasteiger partial charge in [0.2, 0.25) is 11.8 Å². The summed E-state index contributed by atoms with van der Waals surface area (Å²) < 4.78 is 1.61. The van der Waals surface area contributed by atoms with Gasteiger partial charge in [-0.3, -0.25) is 9.59 Å². The van der Waals surface area contributed by atoms with Crippen LogP contribution >= 0.6 is 0 Å². The Bertz CT molecular complexity index is 624. The zero-order valence-electron chi connectivity index (χ0n) is 12.3. The maximum absolute atomic E-state index is 12.2. The molecule has 0 bridgehead atoms. The summed E-state index contributed by atoms with van der Waals surface area (Å²) in [5.41, 5.74) is 11.4. The molecule has 9 heteroatoms. The number of aryl methyl sites for hydroxylation is 1. The molecule has 1 aromatic heterocycles. The molecule has 9 nitrogen and oxygen atoms in total. The van der Waals surface area contributed by atoms with Crippen LogP contribution in [0, 0.1) is 6.92 Å². The van der Waals surface area contributed by atoms with Crippen molar-refractivity contribution in [1.82, 2.24) is 14.5 Å². The topological polar surface area (TPSA) is 145 Å². The molecule has 120 valence electrons. The van der Waals surface area contributed by atoms with Crippen LogP contribution in [0.5, 0.6) is 0 Å². The predicted molar refractivity (Wildman–Crippen MR) is 75.7 cm³/mol. The van der Waals surface area contributed by atoms with Crippen molar-refractivity contribution in [1.29, 1.82) is 0 Å². The van der Waals surface area contributed by atoms with Crippen molar-refractivity contribution in [3.05, 3.63) is 17.2 Å². The van der Waals surface area contributed by atoms with Crippen LogP contribution in [0.3, 0.4) is 0 Å². The Labute approximate surface area is 126 Å². The molecular weight excluding hydrogens is 290 g/mol. The van der Waals surface area contributed by atoms with Gasteiger partial charge >= 0.3 is 5.97 Å². The van der Waals surface area contributed by atoms with E-state index in [0.29, 0.717) is 24.6 Å². The first-order chi connectivity index (χ1) is 10.3. The number of carbonyl (C=O) groups excluding carboxylic acids is 2. The summed E-state index contributed by atoms with van der Waals surface area (Å²) in [6, 6.07) is -0.797. The molecule has 0 fully saturated rings. The first-order valence-electron chi connectivity index (χ1n) is 6.93. The van der Waals surface area contributed by atoms with E-state index >= 15 is 0 Å². The number of hydrogen-bond acceptors (Lipinski definition) is 5. The van der Waals surface area contributed by atoms with Crippen molar-refractivity contribution in [3.8, 4) is 0 Å². The average molecular weight is 309 g/mol. The molecule has 0 spiro atoms. The second-order valence-electron chi connectivity index (χ2n) is 5.29. The largest absolute Gasteiger partial charge is 0.477 e. The van der Waals surface area contributed by atoms with Gasteiger partial charge in [-0.2, -0.15) is 0 Å². The van der Waals surface area contributed by atoms with Crippen LogP contribution in [-0.4, -0.2) is 49.9 Å². The van der Waals surface area contributed by atoms with Crippen molar-refractivity contribution in [2.24, 2.45) is 11.5 Å². The van der Waals surface area contributed by atoms with Gasteiger partial charge in [0, 0.05) is 19.5 Å². The molecule has 0 unspecified atom stereocenters. The predicted octanol–water partition coefficient (Wildman–Crippen LogP) is -1.18. The van der Waals surface area contributed by atoms with E-state index in [1.165, 1.54) is 4.90 Å². The summed E-state index contributed by atoms with van der Waals surface area (Å²) in [5, 5.41) is 9.19. The van der Waals surface area contributed by atoms with Gasteiger partial charge < -0.3 is 26.0 Å². The summed E-state index contributed by atoms with van der Waals surface area (Å²) in [5.74, 6) is -1.30. The lowest BCUT2D eigenvalue weighted by Crippen LogP contribution is -2.47. The number of hydrogen-bond donors (Lipinski definition) is 3. The SMILES string of the molecule is Cc1nc2n(c1C(=O)O)CCN(C(=O)[C@@H](N)CCC(N)=O)C2. The standard InChI is InChI=1S/C13H19N5O4/c1-7-11(13(21)22)18-5-4-17(6-10(18)16-7)12(20)8(14)2-3-9(15)19/h8H,2-6,14H2,1H3,(H2,15,19)(H,21,22)/t8-/m0/s1. The van der Waals surface area contributed by atoms with Gasteiger partial charge in [0.05, 0.1) is 18.3 Å². The van der Waals surface area contributed by atoms with Crippen LogP contribution < -0.4 is 11.5 Å². The first-order valence-corrected chi connectivity index (χ1v) is 6.93. The molecule has 1 aromatic rings. The van der Waals surface area contributed by atoms with E-state index in [-0.39, 0.29) is 31.0 Å². The van der Waals surface area contributed by atoms with Crippen LogP contribution in [0.1, 0.15) is 34.8 Å². The molecule has 2 rings (SSSR count). The van der Waals surface area contributed by atoms with E-state index in [4.69, 9.17) is 11.5 Å². The van der Waals surface area contributed by atoms with Crippen molar-refractivity contribution in [3.63, 3.8) is 0 Å². The Hall–Kier alpha value is -2.42. The Balaban J connectivity index is 2.09. The number of amides is 2. The van der Waals surface area contributed by atoms with Gasteiger partial charge in [0.1, 0.15) is 11.5 Å². The second kappa shape index (κ2) is 6.14. The van der Waals surface area contributed by atoms with Crippen molar-refractivity contribution < 1.29 is 19.5 Å². The molecule has 2 amide bonds. The maximum atomic E-state index is 12.2. The fourth-order valence-corrected chi connectivity index (χ4v) is 2.58. The first kappa shape index (κ1) is 16.0. The Morgan fingerprint density at radius 1 is 1.36 bits per heavy atom. The number of nitrogens with two attached hydrogens (primary N) is 2. The van der Waals surface area contributed by atoms with E-state index in [1.807, 2.05) is 0 Å². The number of rotatable bonds is 5. The maximum Gasteiger partial charge on any atom is 0.354 e. The quantitative estimate of drug-likeness (QED) is 0.624. The van der Waals surface area contributed by atoms with Crippen molar-refractivity contribution >= 4 is 17.8 Å². The normalized spacial score (nSPS) is 15.3. The third kappa shape index (κ3) is 3.08. The van der Waals surface area contributed by atoms with Gasteiger partial charge in [-0.1, -0.05) is 0 Å². The van der Waals surface area contributed by atoms with Crippen molar-refractivity contribution in [2.75, 3.05) is 6.54 Å². The second-order valence-corrected chi connectivity index (χ2v) is 5.29. The number of aromatic nitrogens is 2. The number of nitrogens with zero attached hydrogens (tertiary/aromatic N) is 3. The van der Waals surface area contributed by atoms with Crippen molar-refractivity contribution in [2.45, 2.75) is 38.9 Å². The third-order valence-electron chi connectivity index (χ3n) is 3.68. The highest BCUT2D eigenvalue weighted by Crippen LogP contribution is 2.18. The number of carboxylic acids is 1. The summed E-state index contributed by atoms with van der Waals surface area (Å²) in [6.45, 7) is 2.54. The van der Waals surface area contributed by atoms with E-state index in [9.17, 15) is 19.5 Å². The zero-order chi connectivity index (χ0) is 16.4. The summed E-state index contributed by atoms with van der Waals surface area (Å²) >= 11 is 0. The van der Waals surface area contributed by atoms with Crippen LogP contribution in [0.15, 0.2) is 0 Å². The zero-order valence-corrected chi connectivity index (χ0v) is 12.3. The van der Waals surface area contributed by atoms with Gasteiger partial charge in [-0.25, -0.2) is 9.78 Å². The highest BCUT2D eigenvalue weighted by atomic mass is 16.4. The molecular formula is C13H19N5O4. The number of carbonyl (C=O) groups is 3. The van der Waals surface area contributed by atoms with Gasteiger partial charge in [-0.15, -0.1) is 0 Å². The number of fused-ring (bicyclic) bond motifs is 1. The highest BCUT2D eigenvalue weighted by Gasteiger charge is 2.29. The van der Waals surface area contributed by atoms with E-state index < -0.39 is 17.9 Å². The van der Waals surface area contributed by atoms with Gasteiger partial charge in [0.25, 0.3) is 0 Å². The Morgan fingerprint density at radius 3 is 2.64 bits per heavy atom. The molecule has 0 aliphatic carbocycles. The highest BCUT2D eigenvalue weighted by molar-refractivity contribution is 5.87. The summed E-state index contributed by atoms with van der Waals surface area (Å²) in [6.07, 6.45) is 0.246. The lowest BCUT2D eigenvalue weighted by Gasteiger charge is -2.30. The molecule has 0 saturated carbocycles. The fraction of sp³-hybridized carbons (Fsp3) is 0.538. The van der Waals surface area contributed by atoms with E-state index in [1.54, 1.807) is 11.5 Å². The summed E-state index contributed by atoms with van der Waals surface area (Å²) in [7, 11) is 0. The minimum atomic E-state index is -1.03. The minimum Gasteiger partial charge on any atom is -0.477 e. The third-order valence-corrected chi connectivity index (χ3v) is 3.68. The lowest BCUT2D eigenvalue weighted by atomic mass is 10.1. The number of primary amides is 1. The number of carboxylic acid groups (broad SMARTS) is 1. The van der Waals surface area contributed by atoms with Crippen LogP contribution in [0.25, 0.3) is 0 Å². The Kier molecular flexibility index (Phi) is 4.45. The van der Waals surface area contributed by atoms with E-state index in [2.05, 4.69) is 4.98 Å². The van der Waals surface area contributed by atoms with E-state index in [0.717, 1.165) is 0 Å². The minimum absolute atomic E-state index is 0.0532. The molecule has 5 N–H and O–H groups in total. The monoisotopic (exact) mass is 309 g/mol. The smallest absolute Gasteiger partial charge is 0.354 e. The molecule has 1 atom stereocenters. The summed E-state index contributed by atoms with van der Waals surface area (Å²) in [4.78, 5) is 39.9. The molecule has 0 aromatic carbocycles. The lowest BCUT2D eigenvalue weighted by molar-refractivity contribution is -0.134. The molecule has 1 aliphatic heterocycles. The van der Waals surface area contributed by atoms with Crippen LogP contribution in [0.2, 0.25) is 0 Å². The average Bonchev–Trinajstić information content (AvgIpc) is 2.78. The molecule has 0 saturated heterocycles. The van der Waals surface area contributed by atoms with Crippen LogP contribution in [-0.2, 0) is 22.7 Å². The number of aromatic carboxylic acids is 1. The van der Waals surface area contributed by atoms with Gasteiger partial charge in [-0.05, 0) is 13.3 Å². The molecule has 22 heavy (non-hydrogen) atoms. The molecule has 2 heterocycles. The van der Waals surface area contributed by atoms with Crippen LogP contribution in [0.4, 0.5) is 0 Å². The molecule has 0 radical (unpaired) electrons. The molecule has 1 aliphatic rings.